The van der Waals surface area contributed by atoms with Crippen LogP contribution in [0.4, 0.5) is 0 Å². The van der Waals surface area contributed by atoms with Gasteiger partial charge in [0.25, 0.3) is 0 Å². The van der Waals surface area contributed by atoms with Crippen molar-refractivity contribution < 1.29 is 0 Å². The second-order valence-electron chi connectivity index (χ2n) is 5.18. The first-order chi connectivity index (χ1) is 7.84. The first-order valence-corrected chi connectivity index (χ1v) is 6.61. The molecule has 1 aliphatic carbocycles. The number of nitrogens with one attached hydrogen (secondary N) is 1. The molecule has 1 atom stereocenters. The standard InChI is InChI=1S/C13H21N3/c1-16-12-7-3-2-6-11(12)15-13(16)9-10-5-4-8-14-10/h10,14H,2-9H2,1H3. The van der Waals surface area contributed by atoms with Gasteiger partial charge < -0.3 is 9.88 Å². The van der Waals surface area contributed by atoms with Crippen molar-refractivity contribution in [3.8, 4) is 0 Å². The number of aryl methyl sites for hydroxylation is 1. The van der Waals surface area contributed by atoms with E-state index in [-0.39, 0.29) is 0 Å². The van der Waals surface area contributed by atoms with Crippen LogP contribution in [0.3, 0.4) is 0 Å². The average Bonchev–Trinajstić information content (AvgIpc) is 2.90. The molecule has 1 aliphatic heterocycles. The van der Waals surface area contributed by atoms with E-state index in [2.05, 4.69) is 16.9 Å². The predicted molar refractivity (Wildman–Crippen MR) is 64.6 cm³/mol. The number of hydrogen-bond donors (Lipinski definition) is 1. The molecule has 0 amide bonds. The smallest absolute Gasteiger partial charge is 0.110 e. The highest BCUT2D eigenvalue weighted by Gasteiger charge is 2.21. The Kier molecular flexibility index (Phi) is 2.72. The molecule has 0 spiro atoms. The lowest BCUT2D eigenvalue weighted by atomic mass is 10.0. The second kappa shape index (κ2) is 4.21. The fraction of sp³-hybridized carbons (Fsp3) is 0.769. The number of nitrogens with zero attached hydrogens (tertiary/aromatic N) is 2. The lowest BCUT2D eigenvalue weighted by molar-refractivity contribution is 0.568. The Morgan fingerprint density at radius 1 is 1.31 bits per heavy atom. The van der Waals surface area contributed by atoms with Crippen molar-refractivity contribution in [1.29, 1.82) is 0 Å². The summed E-state index contributed by atoms with van der Waals surface area (Å²) in [6, 6.07) is 0.669. The van der Waals surface area contributed by atoms with Gasteiger partial charge in [-0.1, -0.05) is 0 Å². The first-order valence-electron chi connectivity index (χ1n) is 6.61. The summed E-state index contributed by atoms with van der Waals surface area (Å²) in [6.45, 7) is 1.19. The van der Waals surface area contributed by atoms with Gasteiger partial charge in [-0.05, 0) is 45.1 Å². The van der Waals surface area contributed by atoms with Crippen molar-refractivity contribution >= 4 is 0 Å². The highest BCUT2D eigenvalue weighted by Crippen LogP contribution is 2.22. The molecule has 2 heterocycles. The Balaban J connectivity index is 1.81. The lowest BCUT2D eigenvalue weighted by Crippen LogP contribution is -2.25. The fourth-order valence-electron chi connectivity index (χ4n) is 3.08. The fourth-order valence-corrected chi connectivity index (χ4v) is 3.08. The van der Waals surface area contributed by atoms with E-state index >= 15 is 0 Å². The van der Waals surface area contributed by atoms with E-state index < -0.39 is 0 Å². The molecule has 3 heteroatoms. The van der Waals surface area contributed by atoms with Crippen LogP contribution in [-0.4, -0.2) is 22.1 Å². The van der Waals surface area contributed by atoms with Gasteiger partial charge >= 0.3 is 0 Å². The summed E-state index contributed by atoms with van der Waals surface area (Å²) in [5.74, 6) is 1.30. The van der Waals surface area contributed by atoms with Crippen LogP contribution in [0.15, 0.2) is 0 Å². The van der Waals surface area contributed by atoms with Crippen LogP contribution in [-0.2, 0) is 26.3 Å². The summed E-state index contributed by atoms with van der Waals surface area (Å²) in [7, 11) is 2.20. The van der Waals surface area contributed by atoms with E-state index in [1.165, 1.54) is 62.3 Å². The van der Waals surface area contributed by atoms with Gasteiger partial charge in [0, 0.05) is 25.2 Å². The molecule has 1 saturated heterocycles. The Morgan fingerprint density at radius 2 is 2.19 bits per heavy atom. The van der Waals surface area contributed by atoms with Crippen molar-refractivity contribution in [3.05, 3.63) is 17.2 Å². The zero-order chi connectivity index (χ0) is 11.0. The SMILES string of the molecule is Cn1c(CC2CCCN2)nc2c1CCCC2. The van der Waals surface area contributed by atoms with Crippen molar-refractivity contribution in [2.75, 3.05) is 6.54 Å². The molecule has 0 aromatic carbocycles. The minimum absolute atomic E-state index is 0.669. The summed E-state index contributed by atoms with van der Waals surface area (Å²) in [5.41, 5.74) is 2.88. The van der Waals surface area contributed by atoms with Crippen LogP contribution in [0.2, 0.25) is 0 Å². The summed E-state index contributed by atoms with van der Waals surface area (Å²) >= 11 is 0. The van der Waals surface area contributed by atoms with E-state index in [0.29, 0.717) is 6.04 Å². The second-order valence-corrected chi connectivity index (χ2v) is 5.18. The van der Waals surface area contributed by atoms with E-state index in [0.717, 1.165) is 6.42 Å². The molecule has 1 fully saturated rings. The van der Waals surface area contributed by atoms with Crippen LogP contribution in [0.5, 0.6) is 0 Å². The summed E-state index contributed by atoms with van der Waals surface area (Å²) in [4.78, 5) is 4.84. The minimum Gasteiger partial charge on any atom is -0.335 e. The maximum absolute atomic E-state index is 4.84. The topological polar surface area (TPSA) is 29.9 Å². The largest absolute Gasteiger partial charge is 0.335 e. The monoisotopic (exact) mass is 219 g/mol. The van der Waals surface area contributed by atoms with Gasteiger partial charge in [0.05, 0.1) is 5.69 Å². The van der Waals surface area contributed by atoms with Gasteiger partial charge in [-0.2, -0.15) is 0 Å². The van der Waals surface area contributed by atoms with Gasteiger partial charge in [0.1, 0.15) is 5.82 Å². The van der Waals surface area contributed by atoms with Gasteiger partial charge in [0.15, 0.2) is 0 Å². The zero-order valence-corrected chi connectivity index (χ0v) is 10.1. The third kappa shape index (κ3) is 1.77. The van der Waals surface area contributed by atoms with Crippen LogP contribution in [0, 0.1) is 0 Å². The van der Waals surface area contributed by atoms with E-state index in [9.17, 15) is 0 Å². The molecule has 1 aromatic rings. The maximum atomic E-state index is 4.84. The van der Waals surface area contributed by atoms with Crippen molar-refractivity contribution in [2.24, 2.45) is 7.05 Å². The van der Waals surface area contributed by atoms with E-state index in [1.54, 1.807) is 0 Å². The summed E-state index contributed by atoms with van der Waals surface area (Å²) in [6.07, 6.45) is 8.85. The molecule has 16 heavy (non-hydrogen) atoms. The molecule has 1 aromatic heterocycles. The minimum atomic E-state index is 0.669. The van der Waals surface area contributed by atoms with Gasteiger partial charge in [-0.3, -0.25) is 0 Å². The molecule has 1 N–H and O–H groups in total. The van der Waals surface area contributed by atoms with Crippen molar-refractivity contribution in [3.63, 3.8) is 0 Å². The van der Waals surface area contributed by atoms with Crippen molar-refractivity contribution in [1.82, 2.24) is 14.9 Å². The van der Waals surface area contributed by atoms with Crippen LogP contribution >= 0.6 is 0 Å². The third-order valence-corrected chi connectivity index (χ3v) is 4.06. The van der Waals surface area contributed by atoms with Gasteiger partial charge in [-0.25, -0.2) is 4.98 Å². The average molecular weight is 219 g/mol. The van der Waals surface area contributed by atoms with Gasteiger partial charge in [-0.15, -0.1) is 0 Å². The highest BCUT2D eigenvalue weighted by molar-refractivity contribution is 5.20. The van der Waals surface area contributed by atoms with Gasteiger partial charge in [0.2, 0.25) is 0 Å². The number of imidazole rings is 1. The van der Waals surface area contributed by atoms with Crippen LogP contribution < -0.4 is 5.32 Å². The van der Waals surface area contributed by atoms with E-state index in [1.807, 2.05) is 0 Å². The predicted octanol–water partition coefficient (Wildman–Crippen LogP) is 1.59. The highest BCUT2D eigenvalue weighted by atomic mass is 15.1. The quantitative estimate of drug-likeness (QED) is 0.818. The van der Waals surface area contributed by atoms with Crippen LogP contribution in [0.25, 0.3) is 0 Å². The molecule has 2 aliphatic rings. The number of hydrogen-bond acceptors (Lipinski definition) is 2. The molecule has 3 rings (SSSR count). The number of rotatable bonds is 2. The lowest BCUT2D eigenvalue weighted by Gasteiger charge is -2.12. The molecule has 1 unspecified atom stereocenters. The Morgan fingerprint density at radius 3 is 2.94 bits per heavy atom. The van der Waals surface area contributed by atoms with E-state index in [4.69, 9.17) is 4.98 Å². The normalized spacial score (nSPS) is 24.7. The maximum Gasteiger partial charge on any atom is 0.110 e. The zero-order valence-electron chi connectivity index (χ0n) is 10.1. The summed E-state index contributed by atoms with van der Waals surface area (Å²) < 4.78 is 2.36. The van der Waals surface area contributed by atoms with Crippen molar-refractivity contribution in [2.45, 2.75) is 51.0 Å². The molecule has 0 saturated carbocycles. The Labute approximate surface area is 97.3 Å². The molecule has 0 radical (unpaired) electrons. The first kappa shape index (κ1) is 10.3. The Hall–Kier alpha value is -0.830. The molecule has 88 valence electrons. The third-order valence-electron chi connectivity index (χ3n) is 4.06. The molecular formula is C13H21N3. The van der Waals surface area contributed by atoms with Crippen LogP contribution in [0.1, 0.15) is 42.9 Å². The molecular weight excluding hydrogens is 198 g/mol. The summed E-state index contributed by atoms with van der Waals surface area (Å²) in [5, 5.41) is 3.56. The Bertz CT molecular complexity index is 375. The molecule has 0 bridgehead atoms. The molecule has 3 nitrogen and oxygen atoms in total. The number of fused-ring (bicyclic) bond motifs is 1. The number of aromatic nitrogens is 2.